The van der Waals surface area contributed by atoms with Crippen LogP contribution < -0.4 is 5.32 Å². The van der Waals surface area contributed by atoms with Gasteiger partial charge in [-0.3, -0.25) is 4.90 Å². The van der Waals surface area contributed by atoms with Gasteiger partial charge in [0.2, 0.25) is 0 Å². The smallest absolute Gasteiger partial charge is 0.0620 e. The molecule has 1 heterocycles. The zero-order valence-electron chi connectivity index (χ0n) is 12.0. The van der Waals surface area contributed by atoms with Crippen molar-refractivity contribution in [3.8, 4) is 0 Å². The number of morpholine rings is 1. The van der Waals surface area contributed by atoms with E-state index in [4.69, 9.17) is 14.2 Å². The van der Waals surface area contributed by atoms with Crippen LogP contribution in [0.1, 0.15) is 13.3 Å². The number of nitrogens with zero attached hydrogens (tertiary/aromatic N) is 1. The van der Waals surface area contributed by atoms with Gasteiger partial charge in [0.1, 0.15) is 0 Å². The van der Waals surface area contributed by atoms with Crippen LogP contribution in [-0.4, -0.2) is 77.3 Å². The van der Waals surface area contributed by atoms with E-state index in [-0.39, 0.29) is 0 Å². The Morgan fingerprint density at radius 3 is 2.78 bits per heavy atom. The molecular weight excluding hydrogens is 232 g/mol. The van der Waals surface area contributed by atoms with Crippen molar-refractivity contribution in [1.82, 2.24) is 10.2 Å². The number of nitrogens with one attached hydrogen (secondary N) is 1. The van der Waals surface area contributed by atoms with Crippen molar-refractivity contribution < 1.29 is 14.2 Å². The van der Waals surface area contributed by atoms with Crippen LogP contribution >= 0.6 is 0 Å². The Labute approximate surface area is 111 Å². The number of rotatable bonds is 9. The van der Waals surface area contributed by atoms with Crippen molar-refractivity contribution >= 4 is 0 Å². The topological polar surface area (TPSA) is 43.0 Å². The first kappa shape index (κ1) is 15.9. The molecule has 0 bridgehead atoms. The van der Waals surface area contributed by atoms with E-state index in [1.54, 1.807) is 14.2 Å². The summed E-state index contributed by atoms with van der Waals surface area (Å²) in [5.41, 5.74) is 0. The van der Waals surface area contributed by atoms with E-state index in [0.717, 1.165) is 52.5 Å². The standard InChI is InChI=1S/C13H28N2O3/c1-12(10-17-3)15(7-9-16-2)6-4-13-11-18-8-5-14-13/h12-14H,4-11H2,1-3H3. The van der Waals surface area contributed by atoms with Crippen molar-refractivity contribution in [2.24, 2.45) is 0 Å². The maximum atomic E-state index is 5.47. The fourth-order valence-corrected chi connectivity index (χ4v) is 2.23. The van der Waals surface area contributed by atoms with E-state index >= 15 is 0 Å². The molecule has 1 rings (SSSR count). The Morgan fingerprint density at radius 2 is 2.17 bits per heavy atom. The summed E-state index contributed by atoms with van der Waals surface area (Å²) in [6.07, 6.45) is 1.11. The van der Waals surface area contributed by atoms with Crippen LogP contribution in [0.15, 0.2) is 0 Å². The average Bonchev–Trinajstić information content (AvgIpc) is 2.40. The summed E-state index contributed by atoms with van der Waals surface area (Å²) in [5.74, 6) is 0. The van der Waals surface area contributed by atoms with Crippen molar-refractivity contribution in [2.45, 2.75) is 25.4 Å². The number of hydrogen-bond donors (Lipinski definition) is 1. The Hall–Kier alpha value is -0.200. The number of hydrogen-bond acceptors (Lipinski definition) is 5. The molecule has 108 valence electrons. The maximum absolute atomic E-state index is 5.47. The SMILES string of the molecule is COCCN(CCC1COCCN1)C(C)COC. The van der Waals surface area contributed by atoms with Gasteiger partial charge in [0.15, 0.2) is 0 Å². The van der Waals surface area contributed by atoms with Gasteiger partial charge in [0, 0.05) is 45.9 Å². The van der Waals surface area contributed by atoms with Crippen molar-refractivity contribution in [3.05, 3.63) is 0 Å². The predicted molar refractivity (Wildman–Crippen MR) is 72.0 cm³/mol. The first-order valence-electron chi connectivity index (χ1n) is 6.81. The summed E-state index contributed by atoms with van der Waals surface area (Å²) in [6, 6.07) is 0.910. The normalized spacial score (nSPS) is 22.3. The van der Waals surface area contributed by atoms with E-state index < -0.39 is 0 Å². The lowest BCUT2D eigenvalue weighted by atomic mass is 10.1. The summed E-state index contributed by atoms with van der Waals surface area (Å²) in [5, 5.41) is 3.49. The van der Waals surface area contributed by atoms with Gasteiger partial charge >= 0.3 is 0 Å². The Bertz CT molecular complexity index is 199. The number of ether oxygens (including phenoxy) is 3. The van der Waals surface area contributed by atoms with Crippen LogP contribution in [0.4, 0.5) is 0 Å². The third kappa shape index (κ3) is 6.11. The molecule has 1 aliphatic heterocycles. The molecule has 18 heavy (non-hydrogen) atoms. The van der Waals surface area contributed by atoms with E-state index in [1.807, 2.05) is 0 Å². The summed E-state index contributed by atoms with van der Waals surface area (Å²) in [4.78, 5) is 2.42. The van der Waals surface area contributed by atoms with E-state index in [2.05, 4.69) is 17.1 Å². The predicted octanol–water partition coefficient (Wildman–Crippen LogP) is 0.348. The van der Waals surface area contributed by atoms with Crippen LogP contribution in [0, 0.1) is 0 Å². The fourth-order valence-electron chi connectivity index (χ4n) is 2.23. The van der Waals surface area contributed by atoms with Crippen molar-refractivity contribution in [2.75, 3.05) is 60.3 Å². The monoisotopic (exact) mass is 260 g/mol. The molecule has 5 nitrogen and oxygen atoms in total. The van der Waals surface area contributed by atoms with Gasteiger partial charge in [0.05, 0.1) is 26.4 Å². The van der Waals surface area contributed by atoms with E-state index in [0.29, 0.717) is 12.1 Å². The lowest BCUT2D eigenvalue weighted by molar-refractivity contribution is 0.0518. The van der Waals surface area contributed by atoms with Gasteiger partial charge in [0.25, 0.3) is 0 Å². The zero-order valence-corrected chi connectivity index (χ0v) is 12.0. The van der Waals surface area contributed by atoms with Gasteiger partial charge in [-0.25, -0.2) is 0 Å². The molecule has 0 aliphatic carbocycles. The summed E-state index contributed by atoms with van der Waals surface area (Å²) in [7, 11) is 3.50. The van der Waals surface area contributed by atoms with Gasteiger partial charge in [-0.1, -0.05) is 0 Å². The second kappa shape index (κ2) is 9.69. The number of methoxy groups -OCH3 is 2. The average molecular weight is 260 g/mol. The van der Waals surface area contributed by atoms with Crippen LogP contribution in [0.2, 0.25) is 0 Å². The van der Waals surface area contributed by atoms with E-state index in [9.17, 15) is 0 Å². The highest BCUT2D eigenvalue weighted by Crippen LogP contribution is 2.05. The largest absolute Gasteiger partial charge is 0.383 e. The molecule has 5 heteroatoms. The third-order valence-corrected chi connectivity index (χ3v) is 3.38. The molecule has 0 spiro atoms. The zero-order chi connectivity index (χ0) is 13.2. The molecule has 1 aliphatic rings. The molecule has 2 unspecified atom stereocenters. The van der Waals surface area contributed by atoms with Gasteiger partial charge in [-0.05, 0) is 13.3 Å². The minimum Gasteiger partial charge on any atom is -0.383 e. The fraction of sp³-hybridized carbons (Fsp3) is 1.00. The van der Waals surface area contributed by atoms with Gasteiger partial charge in [-0.2, -0.15) is 0 Å². The lowest BCUT2D eigenvalue weighted by Crippen LogP contribution is -2.45. The molecule has 0 aromatic heterocycles. The third-order valence-electron chi connectivity index (χ3n) is 3.38. The van der Waals surface area contributed by atoms with Gasteiger partial charge in [-0.15, -0.1) is 0 Å². The quantitative estimate of drug-likeness (QED) is 0.648. The summed E-state index contributed by atoms with van der Waals surface area (Å²) < 4.78 is 15.9. The highest BCUT2D eigenvalue weighted by molar-refractivity contribution is 4.74. The molecule has 1 fully saturated rings. The highest BCUT2D eigenvalue weighted by atomic mass is 16.5. The Balaban J connectivity index is 2.29. The first-order valence-corrected chi connectivity index (χ1v) is 6.81. The molecule has 0 aromatic rings. The molecular formula is C13H28N2O3. The maximum Gasteiger partial charge on any atom is 0.0620 e. The molecule has 0 amide bonds. The minimum absolute atomic E-state index is 0.426. The minimum atomic E-state index is 0.426. The molecule has 2 atom stereocenters. The van der Waals surface area contributed by atoms with Crippen LogP contribution in [0.3, 0.4) is 0 Å². The molecule has 1 saturated heterocycles. The summed E-state index contributed by atoms with van der Waals surface area (Å²) >= 11 is 0. The van der Waals surface area contributed by atoms with Crippen LogP contribution in [0.25, 0.3) is 0 Å². The Kier molecular flexibility index (Phi) is 8.54. The van der Waals surface area contributed by atoms with E-state index in [1.165, 1.54) is 0 Å². The van der Waals surface area contributed by atoms with Crippen LogP contribution in [-0.2, 0) is 14.2 Å². The first-order chi connectivity index (χ1) is 8.77. The second-order valence-corrected chi connectivity index (χ2v) is 4.85. The second-order valence-electron chi connectivity index (χ2n) is 4.85. The molecule has 0 saturated carbocycles. The Morgan fingerprint density at radius 1 is 1.33 bits per heavy atom. The van der Waals surface area contributed by atoms with Crippen LogP contribution in [0.5, 0.6) is 0 Å². The summed E-state index contributed by atoms with van der Waals surface area (Å²) in [6.45, 7) is 8.37. The highest BCUT2D eigenvalue weighted by Gasteiger charge is 2.17. The van der Waals surface area contributed by atoms with Crippen molar-refractivity contribution in [1.29, 1.82) is 0 Å². The molecule has 0 aromatic carbocycles. The lowest BCUT2D eigenvalue weighted by Gasteiger charge is -2.31. The molecule has 1 N–H and O–H groups in total. The van der Waals surface area contributed by atoms with Crippen molar-refractivity contribution in [3.63, 3.8) is 0 Å². The molecule has 0 radical (unpaired) electrons. The van der Waals surface area contributed by atoms with Gasteiger partial charge < -0.3 is 19.5 Å².